The molecular formula is C29H28N4O3S. The van der Waals surface area contributed by atoms with Crippen molar-refractivity contribution in [1.29, 1.82) is 0 Å². The molecule has 4 aromatic rings. The van der Waals surface area contributed by atoms with Gasteiger partial charge in [0.05, 0.1) is 28.9 Å². The van der Waals surface area contributed by atoms with Gasteiger partial charge in [0.15, 0.2) is 0 Å². The maximum atomic E-state index is 13.7. The summed E-state index contributed by atoms with van der Waals surface area (Å²) in [5, 5.41) is 4.09. The molecular weight excluding hydrogens is 484 g/mol. The van der Waals surface area contributed by atoms with Crippen LogP contribution in [0.2, 0.25) is 0 Å². The Hall–Kier alpha value is -4.43. The summed E-state index contributed by atoms with van der Waals surface area (Å²) < 4.78 is 28.8. The molecule has 0 aromatic heterocycles. The molecule has 1 amide bonds. The van der Waals surface area contributed by atoms with E-state index in [0.717, 1.165) is 16.8 Å². The number of para-hydroxylation sites is 1. The normalized spacial score (nSPS) is 11.3. The van der Waals surface area contributed by atoms with E-state index in [0.29, 0.717) is 0 Å². The summed E-state index contributed by atoms with van der Waals surface area (Å²) in [4.78, 5) is 15.3. The Morgan fingerprint density at radius 3 is 2.05 bits per heavy atom. The van der Waals surface area contributed by atoms with E-state index in [2.05, 4.69) is 10.5 Å². The van der Waals surface area contributed by atoms with Crippen LogP contribution in [0.1, 0.15) is 21.5 Å². The van der Waals surface area contributed by atoms with Gasteiger partial charge in [-0.15, -0.1) is 0 Å². The summed E-state index contributed by atoms with van der Waals surface area (Å²) in [5.74, 6) is -0.516. The van der Waals surface area contributed by atoms with E-state index in [1.54, 1.807) is 60.8 Å². The zero-order valence-corrected chi connectivity index (χ0v) is 21.5. The van der Waals surface area contributed by atoms with Gasteiger partial charge in [-0.05, 0) is 47.5 Å². The van der Waals surface area contributed by atoms with Crippen LogP contribution in [0.4, 0.5) is 11.4 Å². The number of hydrazone groups is 1. The van der Waals surface area contributed by atoms with Crippen LogP contribution in [0.5, 0.6) is 0 Å². The lowest BCUT2D eigenvalue weighted by Crippen LogP contribution is -2.33. The largest absolute Gasteiger partial charge is 0.378 e. The van der Waals surface area contributed by atoms with Crippen molar-refractivity contribution in [2.75, 3.05) is 23.3 Å². The minimum Gasteiger partial charge on any atom is -0.378 e. The fourth-order valence-electron chi connectivity index (χ4n) is 3.74. The first kappa shape index (κ1) is 25.7. The number of rotatable bonds is 9. The van der Waals surface area contributed by atoms with Crippen LogP contribution in [0, 0.1) is 0 Å². The predicted octanol–water partition coefficient (Wildman–Crippen LogP) is 4.91. The third kappa shape index (κ3) is 6.23. The van der Waals surface area contributed by atoms with Crippen LogP contribution in [0.3, 0.4) is 0 Å². The Balaban J connectivity index is 1.65. The molecule has 0 saturated heterocycles. The summed E-state index contributed by atoms with van der Waals surface area (Å²) >= 11 is 0. The second-order valence-electron chi connectivity index (χ2n) is 8.51. The average Bonchev–Trinajstić information content (AvgIpc) is 2.93. The van der Waals surface area contributed by atoms with Crippen LogP contribution in [-0.4, -0.2) is 34.6 Å². The Morgan fingerprint density at radius 1 is 0.811 bits per heavy atom. The fraction of sp³-hybridized carbons (Fsp3) is 0.103. The van der Waals surface area contributed by atoms with Gasteiger partial charge in [0.1, 0.15) is 0 Å². The van der Waals surface area contributed by atoms with Crippen molar-refractivity contribution >= 4 is 33.5 Å². The summed E-state index contributed by atoms with van der Waals surface area (Å²) in [6, 6.07) is 31.8. The Labute approximate surface area is 217 Å². The van der Waals surface area contributed by atoms with Crippen molar-refractivity contribution < 1.29 is 13.2 Å². The number of sulfonamides is 1. The Bertz CT molecular complexity index is 1470. The summed E-state index contributed by atoms with van der Waals surface area (Å²) in [5.41, 5.74) is 5.64. The molecule has 0 atom stereocenters. The highest BCUT2D eigenvalue weighted by Gasteiger charge is 2.28. The van der Waals surface area contributed by atoms with E-state index in [1.807, 2.05) is 73.6 Å². The molecule has 4 aromatic carbocycles. The second kappa shape index (κ2) is 11.5. The van der Waals surface area contributed by atoms with Crippen LogP contribution >= 0.6 is 0 Å². The number of hydrogen-bond donors (Lipinski definition) is 1. The Morgan fingerprint density at radius 2 is 1.41 bits per heavy atom. The first-order valence-electron chi connectivity index (χ1n) is 11.7. The molecule has 4 rings (SSSR count). The molecule has 0 aliphatic carbocycles. The van der Waals surface area contributed by atoms with Crippen molar-refractivity contribution in [2.24, 2.45) is 5.10 Å². The molecule has 0 bridgehead atoms. The maximum absolute atomic E-state index is 13.7. The van der Waals surface area contributed by atoms with Gasteiger partial charge < -0.3 is 4.90 Å². The van der Waals surface area contributed by atoms with Crippen LogP contribution in [-0.2, 0) is 16.6 Å². The zero-order valence-electron chi connectivity index (χ0n) is 20.7. The van der Waals surface area contributed by atoms with Crippen molar-refractivity contribution in [1.82, 2.24) is 5.43 Å². The molecule has 37 heavy (non-hydrogen) atoms. The number of carbonyl (C=O) groups excluding carboxylic acids is 1. The minimum atomic E-state index is -3.97. The Kier molecular flexibility index (Phi) is 8.00. The standard InChI is InChI=1S/C29H28N4O3S/c1-32(2)25-19-17-23(18-20-25)21-30-31-29(34)27-15-9-10-16-28(27)33(22-24-11-5-3-6-12-24)37(35,36)26-13-7-4-8-14-26/h3-21H,22H2,1-2H3,(H,31,34)/b30-21-. The molecule has 1 N–H and O–H groups in total. The van der Waals surface area contributed by atoms with Gasteiger partial charge in [-0.3, -0.25) is 9.10 Å². The van der Waals surface area contributed by atoms with Crippen molar-refractivity contribution in [3.63, 3.8) is 0 Å². The number of anilines is 2. The van der Waals surface area contributed by atoms with Crippen LogP contribution in [0.15, 0.2) is 119 Å². The number of hydrogen-bond acceptors (Lipinski definition) is 5. The lowest BCUT2D eigenvalue weighted by molar-refractivity contribution is 0.0955. The maximum Gasteiger partial charge on any atom is 0.273 e. The van der Waals surface area contributed by atoms with Gasteiger partial charge in [-0.2, -0.15) is 5.10 Å². The highest BCUT2D eigenvalue weighted by atomic mass is 32.2. The number of nitrogens with zero attached hydrogens (tertiary/aromatic N) is 3. The van der Waals surface area contributed by atoms with Gasteiger partial charge >= 0.3 is 0 Å². The second-order valence-corrected chi connectivity index (χ2v) is 10.4. The topological polar surface area (TPSA) is 82.1 Å². The summed E-state index contributed by atoms with van der Waals surface area (Å²) in [6.07, 6.45) is 1.54. The van der Waals surface area contributed by atoms with E-state index in [9.17, 15) is 13.2 Å². The average molecular weight is 513 g/mol. The molecule has 0 aliphatic heterocycles. The van der Waals surface area contributed by atoms with Crippen LogP contribution < -0.4 is 14.6 Å². The first-order valence-corrected chi connectivity index (χ1v) is 13.1. The third-order valence-electron chi connectivity index (χ3n) is 5.71. The molecule has 0 unspecified atom stereocenters. The van der Waals surface area contributed by atoms with E-state index < -0.39 is 15.9 Å². The molecule has 0 fully saturated rings. The number of carbonyl (C=O) groups is 1. The first-order chi connectivity index (χ1) is 17.9. The molecule has 0 saturated carbocycles. The molecule has 0 heterocycles. The van der Waals surface area contributed by atoms with E-state index in [4.69, 9.17) is 0 Å². The van der Waals surface area contributed by atoms with Gasteiger partial charge in [0, 0.05) is 19.8 Å². The lowest BCUT2D eigenvalue weighted by Gasteiger charge is -2.26. The summed E-state index contributed by atoms with van der Waals surface area (Å²) in [7, 11) is -0.0557. The smallest absolute Gasteiger partial charge is 0.273 e. The minimum absolute atomic E-state index is 0.0594. The van der Waals surface area contributed by atoms with Gasteiger partial charge in [0.25, 0.3) is 15.9 Å². The van der Waals surface area contributed by atoms with E-state index in [-0.39, 0.29) is 22.7 Å². The highest BCUT2D eigenvalue weighted by molar-refractivity contribution is 7.92. The van der Waals surface area contributed by atoms with Gasteiger partial charge in [-0.1, -0.05) is 72.8 Å². The number of amides is 1. The quantitative estimate of drug-likeness (QED) is 0.255. The molecule has 7 nitrogen and oxygen atoms in total. The monoisotopic (exact) mass is 512 g/mol. The molecule has 0 spiro atoms. The van der Waals surface area contributed by atoms with Crippen molar-refractivity contribution in [3.05, 3.63) is 126 Å². The fourth-order valence-corrected chi connectivity index (χ4v) is 5.23. The van der Waals surface area contributed by atoms with Gasteiger partial charge in [0.2, 0.25) is 0 Å². The van der Waals surface area contributed by atoms with E-state index in [1.165, 1.54) is 4.31 Å². The van der Waals surface area contributed by atoms with Crippen molar-refractivity contribution in [3.8, 4) is 0 Å². The number of nitrogens with one attached hydrogen (secondary N) is 1. The van der Waals surface area contributed by atoms with Gasteiger partial charge in [-0.25, -0.2) is 13.8 Å². The molecule has 0 radical (unpaired) electrons. The summed E-state index contributed by atoms with van der Waals surface area (Å²) in [6.45, 7) is 0.0594. The van der Waals surface area contributed by atoms with Crippen molar-refractivity contribution in [2.45, 2.75) is 11.4 Å². The molecule has 0 aliphatic rings. The number of benzene rings is 4. The highest BCUT2D eigenvalue weighted by Crippen LogP contribution is 2.29. The lowest BCUT2D eigenvalue weighted by atomic mass is 10.1. The van der Waals surface area contributed by atoms with E-state index >= 15 is 0 Å². The zero-order chi connectivity index (χ0) is 26.3. The predicted molar refractivity (Wildman–Crippen MR) is 149 cm³/mol. The van der Waals surface area contributed by atoms with Crippen LogP contribution in [0.25, 0.3) is 0 Å². The molecule has 8 heteroatoms. The SMILES string of the molecule is CN(C)c1ccc(/C=N\NC(=O)c2ccccc2N(Cc2ccccc2)S(=O)(=O)c2ccccc2)cc1. The third-order valence-corrected chi connectivity index (χ3v) is 7.48. The molecule has 188 valence electrons.